The van der Waals surface area contributed by atoms with E-state index in [2.05, 4.69) is 13.8 Å². The van der Waals surface area contributed by atoms with Gasteiger partial charge in [-0.2, -0.15) is 0 Å². The van der Waals surface area contributed by atoms with Crippen LogP contribution in [0.2, 0.25) is 0 Å². The van der Waals surface area contributed by atoms with E-state index in [1.165, 1.54) is 17.1 Å². The van der Waals surface area contributed by atoms with Crippen molar-refractivity contribution < 1.29 is 13.2 Å². The number of rotatable bonds is 2. The maximum Gasteiger partial charge on any atom is 0.239 e. The Hall–Kier alpha value is -0.580. The van der Waals surface area contributed by atoms with Crippen LogP contribution in [0.3, 0.4) is 0 Å². The summed E-state index contributed by atoms with van der Waals surface area (Å²) in [6.07, 6.45) is 6.43. The van der Waals surface area contributed by atoms with E-state index in [0.717, 1.165) is 25.7 Å². The predicted octanol–water partition coefficient (Wildman–Crippen LogP) is 2.40. The lowest BCUT2D eigenvalue weighted by Gasteiger charge is -2.37. The lowest BCUT2D eigenvalue weighted by molar-refractivity contribution is -0.130. The highest BCUT2D eigenvalue weighted by molar-refractivity contribution is 7.90. The second kappa shape index (κ2) is 3.73. The van der Waals surface area contributed by atoms with Crippen LogP contribution in [0.1, 0.15) is 52.4 Å². The van der Waals surface area contributed by atoms with E-state index in [0.29, 0.717) is 17.8 Å². The first-order valence-electron chi connectivity index (χ1n) is 8.84. The summed E-state index contributed by atoms with van der Waals surface area (Å²) in [5.41, 5.74) is -0.116. The van der Waals surface area contributed by atoms with E-state index in [-0.39, 0.29) is 34.4 Å². The maximum atomic E-state index is 12.9. The Morgan fingerprint density at radius 1 is 1.14 bits per heavy atom. The average Bonchev–Trinajstić information content (AvgIpc) is 3.30. The van der Waals surface area contributed by atoms with Gasteiger partial charge in [0, 0.05) is 11.3 Å². The molecule has 5 atom stereocenters. The maximum absolute atomic E-state index is 12.9. The van der Waals surface area contributed by atoms with Crippen molar-refractivity contribution in [2.24, 2.45) is 34.5 Å². The minimum Gasteiger partial charge on any atom is -0.273 e. The molecule has 0 radical (unpaired) electrons. The first-order chi connectivity index (χ1) is 10.3. The normalized spacial score (nSPS) is 50.2. The fourth-order valence-corrected chi connectivity index (χ4v) is 8.87. The van der Waals surface area contributed by atoms with Crippen molar-refractivity contribution in [2.45, 2.75) is 58.4 Å². The lowest BCUT2D eigenvalue weighted by Crippen LogP contribution is -2.44. The zero-order valence-corrected chi connectivity index (χ0v) is 14.2. The highest BCUT2D eigenvalue weighted by atomic mass is 32.2. The molecule has 0 aromatic heterocycles. The van der Waals surface area contributed by atoms with Crippen molar-refractivity contribution in [3.8, 4) is 0 Å². The smallest absolute Gasteiger partial charge is 0.239 e. The first-order valence-corrected chi connectivity index (χ1v) is 10.4. The zero-order valence-electron chi connectivity index (χ0n) is 13.4. The van der Waals surface area contributed by atoms with Crippen LogP contribution in [0.15, 0.2) is 0 Å². The summed E-state index contributed by atoms with van der Waals surface area (Å²) in [7, 11) is -3.41. The molecule has 5 rings (SSSR count). The van der Waals surface area contributed by atoms with Crippen LogP contribution in [0, 0.1) is 34.5 Å². The molecule has 0 aromatic carbocycles. The fourth-order valence-electron chi connectivity index (χ4n) is 6.29. The molecule has 0 N–H and O–H groups in total. The first kappa shape index (κ1) is 13.8. The minimum absolute atomic E-state index is 0.0136. The molecular weight excluding hydrogens is 298 g/mol. The van der Waals surface area contributed by atoms with Crippen LogP contribution in [-0.2, 0) is 14.8 Å². The summed E-state index contributed by atoms with van der Waals surface area (Å²) in [5, 5.41) is 0. The molecule has 2 bridgehead atoms. The Morgan fingerprint density at radius 2 is 1.86 bits per heavy atom. The van der Waals surface area contributed by atoms with E-state index in [1.807, 2.05) is 0 Å². The number of carbonyl (C=O) groups is 1. The van der Waals surface area contributed by atoms with Crippen LogP contribution in [0.25, 0.3) is 0 Å². The zero-order chi connectivity index (χ0) is 15.5. The van der Waals surface area contributed by atoms with Crippen molar-refractivity contribution in [1.82, 2.24) is 4.31 Å². The van der Waals surface area contributed by atoms with Crippen LogP contribution >= 0.6 is 0 Å². The Kier molecular flexibility index (Phi) is 2.35. The van der Waals surface area contributed by atoms with Gasteiger partial charge in [0.2, 0.25) is 15.9 Å². The standard InChI is InChI=1S/C17H25NO3S/c1-16(2)11-5-6-17(16)9-22(20,21)18(14(17)7-11)15(19)13-8-12(13)10-3-4-10/h10-14H,3-9H2,1-2H3/t11-,12-,13+,14-,17+/m1/s1. The number of amides is 1. The van der Waals surface area contributed by atoms with Crippen molar-refractivity contribution in [3.63, 3.8) is 0 Å². The topological polar surface area (TPSA) is 54.5 Å². The van der Waals surface area contributed by atoms with E-state index >= 15 is 0 Å². The van der Waals surface area contributed by atoms with E-state index in [4.69, 9.17) is 0 Å². The molecule has 0 unspecified atom stereocenters. The third-order valence-corrected chi connectivity index (χ3v) is 9.93. The third-order valence-electron chi connectivity index (χ3n) is 8.01. The van der Waals surface area contributed by atoms with E-state index < -0.39 is 10.0 Å². The van der Waals surface area contributed by atoms with Gasteiger partial charge in [0.05, 0.1) is 11.8 Å². The molecule has 5 heteroatoms. The van der Waals surface area contributed by atoms with Crippen molar-refractivity contribution >= 4 is 15.9 Å². The SMILES string of the molecule is CC1(C)[C@@H]2CC[C@@]13CS(=O)(=O)N(C(=O)[C@H]1C[C@@H]1C1CC1)[C@@H]3C2. The summed E-state index contributed by atoms with van der Waals surface area (Å²) in [5.74, 6) is 1.96. The highest BCUT2D eigenvalue weighted by Crippen LogP contribution is 2.70. The number of hydrogen-bond donors (Lipinski definition) is 0. The lowest BCUT2D eigenvalue weighted by atomic mass is 9.69. The molecule has 1 amide bonds. The molecule has 1 spiro atoms. The Bertz CT molecular complexity index is 665. The van der Waals surface area contributed by atoms with Crippen molar-refractivity contribution in [1.29, 1.82) is 0 Å². The number of carbonyl (C=O) groups excluding carboxylic acids is 1. The molecule has 4 nitrogen and oxygen atoms in total. The van der Waals surface area contributed by atoms with Gasteiger partial charge in [0.25, 0.3) is 0 Å². The molecule has 1 heterocycles. The van der Waals surface area contributed by atoms with Gasteiger partial charge in [0.1, 0.15) is 0 Å². The monoisotopic (exact) mass is 323 g/mol. The van der Waals surface area contributed by atoms with Gasteiger partial charge < -0.3 is 0 Å². The van der Waals surface area contributed by atoms with Crippen molar-refractivity contribution in [2.75, 3.05) is 5.75 Å². The summed E-state index contributed by atoms with van der Waals surface area (Å²) >= 11 is 0. The largest absolute Gasteiger partial charge is 0.273 e. The second-order valence-electron chi connectivity index (χ2n) is 9.10. The van der Waals surface area contributed by atoms with E-state index in [9.17, 15) is 13.2 Å². The van der Waals surface area contributed by atoms with Crippen LogP contribution in [-0.4, -0.2) is 30.4 Å². The van der Waals surface area contributed by atoms with Crippen LogP contribution in [0.5, 0.6) is 0 Å². The predicted molar refractivity (Wildman–Crippen MR) is 82.3 cm³/mol. The molecule has 4 aliphatic carbocycles. The number of sulfonamides is 1. The van der Waals surface area contributed by atoms with Gasteiger partial charge in [0.15, 0.2) is 0 Å². The van der Waals surface area contributed by atoms with Gasteiger partial charge in [-0.3, -0.25) is 4.79 Å². The summed E-state index contributed by atoms with van der Waals surface area (Å²) in [6.45, 7) is 4.47. The van der Waals surface area contributed by atoms with E-state index in [1.54, 1.807) is 0 Å². The molecule has 5 fully saturated rings. The molecule has 1 aliphatic heterocycles. The fraction of sp³-hybridized carbons (Fsp3) is 0.941. The van der Waals surface area contributed by atoms with Crippen molar-refractivity contribution in [3.05, 3.63) is 0 Å². The Morgan fingerprint density at radius 3 is 2.50 bits per heavy atom. The number of nitrogens with zero attached hydrogens (tertiary/aromatic N) is 1. The molecule has 122 valence electrons. The Labute approximate surface area is 132 Å². The van der Waals surface area contributed by atoms with Gasteiger partial charge in [-0.25, -0.2) is 12.7 Å². The molecule has 0 aromatic rings. The highest BCUT2D eigenvalue weighted by Gasteiger charge is 2.73. The molecule has 4 saturated carbocycles. The second-order valence-corrected chi connectivity index (χ2v) is 10.9. The average molecular weight is 323 g/mol. The molecule has 5 aliphatic rings. The minimum atomic E-state index is -3.41. The van der Waals surface area contributed by atoms with Crippen LogP contribution < -0.4 is 0 Å². The van der Waals surface area contributed by atoms with Crippen LogP contribution in [0.4, 0.5) is 0 Å². The molecular formula is C17H25NO3S. The third kappa shape index (κ3) is 1.45. The van der Waals surface area contributed by atoms with Gasteiger partial charge in [-0.05, 0) is 61.7 Å². The van der Waals surface area contributed by atoms with Gasteiger partial charge in [-0.1, -0.05) is 13.8 Å². The number of hydrogen-bond acceptors (Lipinski definition) is 3. The Balaban J connectivity index is 1.50. The van der Waals surface area contributed by atoms with Gasteiger partial charge in [-0.15, -0.1) is 0 Å². The molecule has 1 saturated heterocycles. The number of fused-ring (bicyclic) bond motifs is 1. The quantitative estimate of drug-likeness (QED) is 0.784. The summed E-state index contributed by atoms with van der Waals surface area (Å²) < 4.78 is 27.0. The van der Waals surface area contributed by atoms with Gasteiger partial charge >= 0.3 is 0 Å². The molecule has 22 heavy (non-hydrogen) atoms. The summed E-state index contributed by atoms with van der Waals surface area (Å²) in [6, 6.07) is -0.0424. The summed E-state index contributed by atoms with van der Waals surface area (Å²) in [4.78, 5) is 12.9.